The summed E-state index contributed by atoms with van der Waals surface area (Å²) in [6, 6.07) is 0.276. The number of carbonyl (C=O) groups is 1. The summed E-state index contributed by atoms with van der Waals surface area (Å²) in [6.45, 7) is 7.92. The monoisotopic (exact) mass is 268 g/mol. The minimum atomic E-state index is -0.0322. The smallest absolute Gasteiger partial charge is 0.224 e. The van der Waals surface area contributed by atoms with Gasteiger partial charge in [0.25, 0.3) is 0 Å². The third kappa shape index (κ3) is 3.93. The molecular weight excluding hydrogens is 240 g/mol. The van der Waals surface area contributed by atoms with Crippen molar-refractivity contribution < 1.29 is 9.53 Å². The van der Waals surface area contributed by atoms with Crippen LogP contribution in [0.25, 0.3) is 0 Å². The van der Waals surface area contributed by atoms with Gasteiger partial charge < -0.3 is 15.4 Å². The standard InChI is InChI=1S/C15H28N2O2/c1-15(2,3)10-11(16)9-14(18)17-7-8-19-13-6-4-5-12(13)17/h11-13H,4-10,16H2,1-3H3. The van der Waals surface area contributed by atoms with Crippen molar-refractivity contribution in [3.05, 3.63) is 0 Å². The van der Waals surface area contributed by atoms with Crippen LogP contribution in [0.4, 0.5) is 0 Å². The first-order chi connectivity index (χ1) is 8.87. The summed E-state index contributed by atoms with van der Waals surface area (Å²) in [6.07, 6.45) is 5.00. The van der Waals surface area contributed by atoms with E-state index in [2.05, 4.69) is 20.8 Å². The van der Waals surface area contributed by atoms with Gasteiger partial charge in [-0.15, -0.1) is 0 Å². The van der Waals surface area contributed by atoms with Crippen molar-refractivity contribution in [1.29, 1.82) is 0 Å². The highest BCUT2D eigenvalue weighted by Crippen LogP contribution is 2.30. The number of fused-ring (bicyclic) bond motifs is 1. The Morgan fingerprint density at radius 2 is 2.16 bits per heavy atom. The lowest BCUT2D eigenvalue weighted by atomic mass is 9.87. The molecule has 0 bridgehead atoms. The van der Waals surface area contributed by atoms with Crippen LogP contribution in [0.15, 0.2) is 0 Å². The molecule has 0 aromatic carbocycles. The van der Waals surface area contributed by atoms with Gasteiger partial charge in [0.15, 0.2) is 0 Å². The summed E-state index contributed by atoms with van der Waals surface area (Å²) in [5, 5.41) is 0. The van der Waals surface area contributed by atoms with E-state index in [4.69, 9.17) is 10.5 Å². The number of nitrogens with two attached hydrogens (primary N) is 1. The first kappa shape index (κ1) is 14.8. The van der Waals surface area contributed by atoms with Gasteiger partial charge in [-0.05, 0) is 31.1 Å². The summed E-state index contributed by atoms with van der Waals surface area (Å²) in [5.41, 5.74) is 6.31. The number of ether oxygens (including phenoxy) is 1. The van der Waals surface area contributed by atoms with E-state index in [-0.39, 0.29) is 23.5 Å². The van der Waals surface area contributed by atoms with Crippen LogP contribution in [0.5, 0.6) is 0 Å². The van der Waals surface area contributed by atoms with Crippen LogP contribution in [-0.2, 0) is 9.53 Å². The van der Waals surface area contributed by atoms with Crippen molar-refractivity contribution >= 4 is 5.91 Å². The molecule has 2 N–H and O–H groups in total. The molecule has 19 heavy (non-hydrogen) atoms. The Balaban J connectivity index is 1.88. The fourth-order valence-electron chi connectivity index (χ4n) is 3.44. The zero-order valence-electron chi connectivity index (χ0n) is 12.5. The van der Waals surface area contributed by atoms with E-state index in [1.165, 1.54) is 6.42 Å². The molecule has 4 heteroatoms. The molecule has 2 fully saturated rings. The highest BCUT2D eigenvalue weighted by atomic mass is 16.5. The molecule has 0 spiro atoms. The topological polar surface area (TPSA) is 55.6 Å². The predicted octanol–water partition coefficient (Wildman–Crippen LogP) is 1.92. The average Bonchev–Trinajstić information content (AvgIpc) is 2.73. The van der Waals surface area contributed by atoms with Crippen molar-refractivity contribution in [2.24, 2.45) is 11.1 Å². The second kappa shape index (κ2) is 5.80. The highest BCUT2D eigenvalue weighted by Gasteiger charge is 2.38. The van der Waals surface area contributed by atoms with E-state index < -0.39 is 0 Å². The number of hydrogen-bond acceptors (Lipinski definition) is 3. The van der Waals surface area contributed by atoms with Crippen molar-refractivity contribution in [3.8, 4) is 0 Å². The molecule has 3 atom stereocenters. The van der Waals surface area contributed by atoms with Crippen LogP contribution < -0.4 is 5.73 Å². The molecule has 1 heterocycles. The first-order valence-electron chi connectivity index (χ1n) is 7.53. The van der Waals surface area contributed by atoms with Gasteiger partial charge in [-0.2, -0.15) is 0 Å². The minimum Gasteiger partial charge on any atom is -0.374 e. The van der Waals surface area contributed by atoms with E-state index in [9.17, 15) is 4.79 Å². The van der Waals surface area contributed by atoms with Gasteiger partial charge in [-0.25, -0.2) is 0 Å². The lowest BCUT2D eigenvalue weighted by molar-refractivity contribution is -0.144. The van der Waals surface area contributed by atoms with Crippen LogP contribution in [0, 0.1) is 5.41 Å². The molecule has 1 aliphatic carbocycles. The Morgan fingerprint density at radius 1 is 1.42 bits per heavy atom. The molecule has 1 aliphatic heterocycles. The van der Waals surface area contributed by atoms with Crippen LogP contribution >= 0.6 is 0 Å². The molecule has 0 radical (unpaired) electrons. The number of hydrogen-bond donors (Lipinski definition) is 1. The average molecular weight is 268 g/mol. The van der Waals surface area contributed by atoms with Gasteiger partial charge in [-0.1, -0.05) is 20.8 Å². The molecule has 1 saturated heterocycles. The lowest BCUT2D eigenvalue weighted by Crippen LogP contribution is -2.52. The van der Waals surface area contributed by atoms with Crippen LogP contribution in [-0.4, -0.2) is 42.1 Å². The van der Waals surface area contributed by atoms with E-state index >= 15 is 0 Å². The zero-order chi connectivity index (χ0) is 14.0. The van der Waals surface area contributed by atoms with Crippen molar-refractivity contribution in [2.45, 2.75) is 71.1 Å². The molecule has 0 aromatic heterocycles. The maximum absolute atomic E-state index is 12.4. The largest absolute Gasteiger partial charge is 0.374 e. The summed E-state index contributed by atoms with van der Waals surface area (Å²) in [5.74, 6) is 0.219. The molecule has 0 aromatic rings. The molecule has 2 rings (SSSR count). The molecule has 3 unspecified atom stereocenters. The maximum Gasteiger partial charge on any atom is 0.224 e. The molecular formula is C15H28N2O2. The summed E-state index contributed by atoms with van der Waals surface area (Å²) in [7, 11) is 0. The normalized spacial score (nSPS) is 29.2. The Bertz CT molecular complexity index is 325. The minimum absolute atomic E-state index is 0.0322. The van der Waals surface area contributed by atoms with Crippen LogP contribution in [0.3, 0.4) is 0 Å². The van der Waals surface area contributed by atoms with Crippen LogP contribution in [0.1, 0.15) is 52.9 Å². The fraction of sp³-hybridized carbons (Fsp3) is 0.933. The summed E-state index contributed by atoms with van der Waals surface area (Å²) in [4.78, 5) is 14.5. The van der Waals surface area contributed by atoms with E-state index in [1.54, 1.807) is 0 Å². The maximum atomic E-state index is 12.4. The van der Waals surface area contributed by atoms with Crippen molar-refractivity contribution in [3.63, 3.8) is 0 Å². The van der Waals surface area contributed by atoms with Gasteiger partial charge in [0, 0.05) is 19.0 Å². The van der Waals surface area contributed by atoms with Gasteiger partial charge in [0.05, 0.1) is 18.8 Å². The molecule has 1 amide bonds. The Hall–Kier alpha value is -0.610. The quantitative estimate of drug-likeness (QED) is 0.851. The lowest BCUT2D eigenvalue weighted by Gasteiger charge is -2.38. The summed E-state index contributed by atoms with van der Waals surface area (Å²) < 4.78 is 5.74. The zero-order valence-corrected chi connectivity index (χ0v) is 12.5. The van der Waals surface area contributed by atoms with Gasteiger partial charge in [-0.3, -0.25) is 4.79 Å². The van der Waals surface area contributed by atoms with E-state index in [0.717, 1.165) is 25.8 Å². The number of amides is 1. The van der Waals surface area contributed by atoms with Crippen molar-refractivity contribution in [2.75, 3.05) is 13.2 Å². The fourth-order valence-corrected chi connectivity index (χ4v) is 3.44. The SMILES string of the molecule is CC(C)(C)CC(N)CC(=O)N1CCOC2CCCC21. The number of carbonyl (C=O) groups excluding carboxylic acids is 1. The Morgan fingerprint density at radius 3 is 2.84 bits per heavy atom. The van der Waals surface area contributed by atoms with Gasteiger partial charge >= 0.3 is 0 Å². The number of morpholine rings is 1. The Kier molecular flexibility index (Phi) is 4.51. The highest BCUT2D eigenvalue weighted by molar-refractivity contribution is 5.77. The number of nitrogens with zero attached hydrogens (tertiary/aromatic N) is 1. The van der Waals surface area contributed by atoms with E-state index in [0.29, 0.717) is 19.1 Å². The molecule has 110 valence electrons. The van der Waals surface area contributed by atoms with Crippen molar-refractivity contribution in [1.82, 2.24) is 4.90 Å². The number of rotatable bonds is 3. The Labute approximate surface area is 116 Å². The summed E-state index contributed by atoms with van der Waals surface area (Å²) >= 11 is 0. The van der Waals surface area contributed by atoms with Gasteiger partial charge in [0.1, 0.15) is 0 Å². The molecule has 2 aliphatic rings. The molecule has 1 saturated carbocycles. The third-order valence-corrected chi connectivity index (χ3v) is 4.11. The van der Waals surface area contributed by atoms with Gasteiger partial charge in [0.2, 0.25) is 5.91 Å². The third-order valence-electron chi connectivity index (χ3n) is 4.11. The second-order valence-corrected chi connectivity index (χ2v) is 7.22. The van der Waals surface area contributed by atoms with E-state index in [1.807, 2.05) is 4.90 Å². The first-order valence-corrected chi connectivity index (χ1v) is 7.53. The predicted molar refractivity (Wildman–Crippen MR) is 75.8 cm³/mol. The van der Waals surface area contributed by atoms with Crippen LogP contribution in [0.2, 0.25) is 0 Å². The molecule has 4 nitrogen and oxygen atoms in total. The second-order valence-electron chi connectivity index (χ2n) is 7.22.